The summed E-state index contributed by atoms with van der Waals surface area (Å²) in [6.07, 6.45) is -0.238. The number of benzene rings is 1. The lowest BCUT2D eigenvalue weighted by Gasteiger charge is -2.36. The minimum Gasteiger partial charge on any atom is -0.447 e. The number of para-hydroxylation sites is 1. The summed E-state index contributed by atoms with van der Waals surface area (Å²) < 4.78 is 11.0. The fourth-order valence-corrected chi connectivity index (χ4v) is 3.01. The summed E-state index contributed by atoms with van der Waals surface area (Å²) in [6.45, 7) is 5.85. The smallest absolute Gasteiger partial charge is 0.409 e. The lowest BCUT2D eigenvalue weighted by molar-refractivity contribution is -0.0523. The first kappa shape index (κ1) is 16.1. The summed E-state index contributed by atoms with van der Waals surface area (Å²) in [5.41, 5.74) is 1.21. The molecule has 2 aliphatic heterocycles. The summed E-state index contributed by atoms with van der Waals surface area (Å²) in [4.78, 5) is 18.5. The second-order valence-corrected chi connectivity index (χ2v) is 6.14. The molecule has 2 saturated heterocycles. The molecule has 1 atom stereocenters. The highest BCUT2D eigenvalue weighted by Gasteiger charge is 2.24. The molecule has 0 unspecified atom stereocenters. The number of hydrogen-bond acceptors (Lipinski definition) is 5. The van der Waals surface area contributed by atoms with E-state index >= 15 is 0 Å². The van der Waals surface area contributed by atoms with Crippen molar-refractivity contribution < 1.29 is 14.3 Å². The van der Waals surface area contributed by atoms with Crippen LogP contribution >= 0.6 is 0 Å². The number of anilines is 1. The molecule has 0 radical (unpaired) electrons. The van der Waals surface area contributed by atoms with Crippen LogP contribution in [-0.4, -0.2) is 81.5 Å². The molecule has 0 N–H and O–H groups in total. The van der Waals surface area contributed by atoms with Gasteiger partial charge in [0.1, 0.15) is 12.7 Å². The van der Waals surface area contributed by atoms with E-state index in [2.05, 4.69) is 29.0 Å². The molecular formula is C17H25N3O3. The van der Waals surface area contributed by atoms with Gasteiger partial charge in [-0.25, -0.2) is 4.79 Å². The molecule has 6 heteroatoms. The second-order valence-electron chi connectivity index (χ2n) is 6.14. The Kier molecular flexibility index (Phi) is 5.35. The zero-order chi connectivity index (χ0) is 16.1. The van der Waals surface area contributed by atoms with Gasteiger partial charge in [-0.2, -0.15) is 0 Å². The number of nitrogens with zero attached hydrogens (tertiary/aromatic N) is 3. The van der Waals surface area contributed by atoms with Gasteiger partial charge in [-0.15, -0.1) is 0 Å². The van der Waals surface area contributed by atoms with Crippen molar-refractivity contribution in [1.29, 1.82) is 0 Å². The Bertz CT molecular complexity index is 503. The van der Waals surface area contributed by atoms with Gasteiger partial charge in [-0.1, -0.05) is 18.2 Å². The fraction of sp³-hybridized carbons (Fsp3) is 0.588. The van der Waals surface area contributed by atoms with Gasteiger partial charge in [0.25, 0.3) is 0 Å². The number of ether oxygens (including phenoxy) is 2. The average molecular weight is 319 g/mol. The average Bonchev–Trinajstić information content (AvgIpc) is 2.61. The van der Waals surface area contributed by atoms with Crippen LogP contribution in [0.4, 0.5) is 10.5 Å². The van der Waals surface area contributed by atoms with Crippen LogP contribution in [0.3, 0.4) is 0 Å². The molecule has 0 spiro atoms. The lowest BCUT2D eigenvalue weighted by atomic mass is 10.2. The zero-order valence-corrected chi connectivity index (χ0v) is 13.7. The summed E-state index contributed by atoms with van der Waals surface area (Å²) >= 11 is 0. The summed E-state index contributed by atoms with van der Waals surface area (Å²) in [5, 5.41) is 0. The van der Waals surface area contributed by atoms with Gasteiger partial charge in [-0.3, -0.25) is 0 Å². The Morgan fingerprint density at radius 2 is 1.91 bits per heavy atom. The Balaban J connectivity index is 1.41. The Hall–Kier alpha value is -1.79. The molecule has 126 valence electrons. The van der Waals surface area contributed by atoms with Crippen LogP contribution in [0.5, 0.6) is 0 Å². The van der Waals surface area contributed by atoms with Crippen LogP contribution in [0.2, 0.25) is 0 Å². The maximum absolute atomic E-state index is 12.2. The summed E-state index contributed by atoms with van der Waals surface area (Å²) in [5.74, 6) is 0. The molecule has 3 rings (SSSR count). The summed E-state index contributed by atoms with van der Waals surface area (Å²) in [7, 11) is 2.06. The minimum absolute atomic E-state index is 0.0108. The van der Waals surface area contributed by atoms with Crippen molar-refractivity contribution in [3.05, 3.63) is 30.3 Å². The molecule has 0 aliphatic carbocycles. The van der Waals surface area contributed by atoms with Crippen LogP contribution in [0.15, 0.2) is 30.3 Å². The lowest BCUT2D eigenvalue weighted by Crippen LogP contribution is -2.50. The van der Waals surface area contributed by atoms with Crippen LogP contribution < -0.4 is 4.90 Å². The Labute approximate surface area is 137 Å². The van der Waals surface area contributed by atoms with Gasteiger partial charge in [0.05, 0.1) is 6.61 Å². The minimum atomic E-state index is -0.227. The molecule has 2 aliphatic rings. The van der Waals surface area contributed by atoms with Gasteiger partial charge in [0, 0.05) is 45.0 Å². The van der Waals surface area contributed by atoms with E-state index in [1.807, 2.05) is 18.2 Å². The van der Waals surface area contributed by atoms with Crippen LogP contribution in [0, 0.1) is 0 Å². The number of likely N-dealkylation sites (N-methyl/N-ethyl adjacent to an activating group) is 1. The van der Waals surface area contributed by atoms with E-state index in [9.17, 15) is 4.79 Å². The number of carbonyl (C=O) groups excluding carboxylic acids is 1. The quantitative estimate of drug-likeness (QED) is 0.840. The van der Waals surface area contributed by atoms with Gasteiger partial charge < -0.3 is 24.2 Å². The maximum atomic E-state index is 12.2. The molecule has 0 aromatic heterocycles. The highest BCUT2D eigenvalue weighted by Crippen LogP contribution is 2.16. The third-order valence-electron chi connectivity index (χ3n) is 4.39. The van der Waals surface area contributed by atoms with E-state index in [0.29, 0.717) is 26.3 Å². The highest BCUT2D eigenvalue weighted by molar-refractivity contribution is 5.68. The standard InChI is InChI=1S/C17H25N3O3/c1-18-11-12-22-16(13-18)14-23-17(21)20-9-7-19(8-10-20)15-5-3-2-4-6-15/h2-6,16H,7-14H2,1H3/t16-/m0/s1. The molecule has 0 saturated carbocycles. The Morgan fingerprint density at radius 3 is 2.61 bits per heavy atom. The van der Waals surface area contributed by atoms with Crippen LogP contribution in [0.1, 0.15) is 0 Å². The topological polar surface area (TPSA) is 45.3 Å². The first-order valence-corrected chi connectivity index (χ1v) is 8.24. The summed E-state index contributed by atoms with van der Waals surface area (Å²) in [6, 6.07) is 10.3. The molecule has 6 nitrogen and oxygen atoms in total. The van der Waals surface area contributed by atoms with Gasteiger partial charge in [-0.05, 0) is 19.2 Å². The van der Waals surface area contributed by atoms with Crippen molar-refractivity contribution in [3.63, 3.8) is 0 Å². The van der Waals surface area contributed by atoms with E-state index < -0.39 is 0 Å². The van der Waals surface area contributed by atoms with E-state index in [1.54, 1.807) is 4.90 Å². The number of carbonyl (C=O) groups is 1. The molecule has 1 aromatic carbocycles. The SMILES string of the molecule is CN1CCO[C@H](COC(=O)N2CCN(c3ccccc3)CC2)C1. The first-order valence-electron chi connectivity index (χ1n) is 8.24. The Morgan fingerprint density at radius 1 is 1.17 bits per heavy atom. The van der Waals surface area contributed by atoms with Crippen molar-refractivity contribution in [2.75, 3.05) is 64.4 Å². The van der Waals surface area contributed by atoms with Gasteiger partial charge in [0.15, 0.2) is 0 Å². The molecule has 2 fully saturated rings. The van der Waals surface area contributed by atoms with E-state index in [1.165, 1.54) is 5.69 Å². The van der Waals surface area contributed by atoms with Crippen molar-refractivity contribution >= 4 is 11.8 Å². The largest absolute Gasteiger partial charge is 0.447 e. The van der Waals surface area contributed by atoms with Crippen LogP contribution in [0.25, 0.3) is 0 Å². The fourth-order valence-electron chi connectivity index (χ4n) is 3.01. The van der Waals surface area contributed by atoms with Crippen molar-refractivity contribution in [2.45, 2.75) is 6.10 Å². The normalized spacial score (nSPS) is 22.9. The molecular weight excluding hydrogens is 294 g/mol. The molecule has 0 bridgehead atoms. The number of morpholine rings is 1. The third kappa shape index (κ3) is 4.36. The van der Waals surface area contributed by atoms with E-state index in [-0.39, 0.29) is 12.2 Å². The van der Waals surface area contributed by atoms with Crippen molar-refractivity contribution in [2.24, 2.45) is 0 Å². The zero-order valence-electron chi connectivity index (χ0n) is 13.7. The van der Waals surface area contributed by atoms with Gasteiger partial charge >= 0.3 is 6.09 Å². The highest BCUT2D eigenvalue weighted by atomic mass is 16.6. The predicted octanol–water partition coefficient (Wildman–Crippen LogP) is 1.28. The maximum Gasteiger partial charge on any atom is 0.409 e. The monoisotopic (exact) mass is 319 g/mol. The number of amides is 1. The van der Waals surface area contributed by atoms with E-state index in [4.69, 9.17) is 9.47 Å². The first-order chi connectivity index (χ1) is 11.2. The predicted molar refractivity (Wildman–Crippen MR) is 88.8 cm³/mol. The molecule has 2 heterocycles. The molecule has 1 amide bonds. The van der Waals surface area contributed by atoms with Gasteiger partial charge in [0.2, 0.25) is 0 Å². The third-order valence-corrected chi connectivity index (χ3v) is 4.39. The second kappa shape index (κ2) is 7.66. The van der Waals surface area contributed by atoms with E-state index in [0.717, 1.165) is 26.2 Å². The number of hydrogen-bond donors (Lipinski definition) is 0. The molecule has 23 heavy (non-hydrogen) atoms. The van der Waals surface area contributed by atoms with Crippen molar-refractivity contribution in [3.8, 4) is 0 Å². The van der Waals surface area contributed by atoms with Crippen molar-refractivity contribution in [1.82, 2.24) is 9.80 Å². The number of rotatable bonds is 3. The van der Waals surface area contributed by atoms with Crippen LogP contribution in [-0.2, 0) is 9.47 Å². The molecule has 1 aromatic rings. The number of piperazine rings is 1.